The zero-order valence-electron chi connectivity index (χ0n) is 15.1. The molecule has 142 valence electrons. The summed E-state index contributed by atoms with van der Waals surface area (Å²) in [6, 6.07) is 0. The number of hydrogen-bond acceptors (Lipinski definition) is 7. The molecular weight excluding hydrogens is 368 g/mol. The molecule has 0 bridgehead atoms. The van der Waals surface area contributed by atoms with E-state index in [1.54, 1.807) is 23.3 Å². The molecule has 3 aromatic heterocycles. The fraction of sp³-hybridized carbons (Fsp3) is 0.471. The first-order valence-corrected chi connectivity index (χ1v) is 9.48. The molecule has 1 saturated heterocycles. The van der Waals surface area contributed by atoms with Crippen LogP contribution in [0.15, 0.2) is 18.6 Å². The summed E-state index contributed by atoms with van der Waals surface area (Å²) in [5.74, 6) is 0.356. The summed E-state index contributed by atoms with van der Waals surface area (Å²) in [4.78, 5) is 23.3. The number of aryl methyl sites for hydroxylation is 1. The molecule has 0 radical (unpaired) electrons. The number of rotatable bonds is 5. The predicted molar refractivity (Wildman–Crippen MR) is 102 cm³/mol. The van der Waals surface area contributed by atoms with Crippen molar-refractivity contribution in [2.24, 2.45) is 0 Å². The molecule has 0 aromatic carbocycles. The van der Waals surface area contributed by atoms with Gasteiger partial charge in [-0.15, -0.1) is 0 Å². The molecule has 1 aliphatic heterocycles. The summed E-state index contributed by atoms with van der Waals surface area (Å²) in [5, 5.41) is 12.6. The highest BCUT2D eigenvalue weighted by atomic mass is 35.5. The molecule has 0 amide bonds. The Morgan fingerprint density at radius 2 is 2.07 bits per heavy atom. The van der Waals surface area contributed by atoms with E-state index >= 15 is 0 Å². The van der Waals surface area contributed by atoms with Crippen LogP contribution < -0.4 is 5.32 Å². The van der Waals surface area contributed by atoms with Gasteiger partial charge in [-0.1, -0.05) is 18.0 Å². The first kappa shape index (κ1) is 17.9. The van der Waals surface area contributed by atoms with Crippen LogP contribution in [0.25, 0.3) is 11.0 Å². The van der Waals surface area contributed by atoms with E-state index in [1.165, 1.54) is 11.1 Å². The summed E-state index contributed by atoms with van der Waals surface area (Å²) in [5.41, 5.74) is 1.31. The van der Waals surface area contributed by atoms with Gasteiger partial charge in [-0.3, -0.25) is 9.69 Å². The molecular formula is C17H21ClN8O. The Bertz CT molecular complexity index is 959. The zero-order chi connectivity index (χ0) is 18.8. The average Bonchev–Trinajstić information content (AvgIpc) is 3.27. The van der Waals surface area contributed by atoms with Gasteiger partial charge in [0.05, 0.1) is 30.0 Å². The van der Waals surface area contributed by atoms with Crippen LogP contribution in [0.3, 0.4) is 0 Å². The number of piperidine rings is 1. The van der Waals surface area contributed by atoms with Gasteiger partial charge in [-0.2, -0.15) is 15.2 Å². The van der Waals surface area contributed by atoms with Crippen LogP contribution >= 0.6 is 11.6 Å². The number of carbonyl (C=O) groups is 1. The minimum absolute atomic E-state index is 0.0443. The van der Waals surface area contributed by atoms with Crippen LogP contribution in [0.5, 0.6) is 0 Å². The molecule has 4 heterocycles. The molecule has 0 aliphatic carbocycles. The predicted octanol–water partition coefficient (Wildman–Crippen LogP) is 2.57. The van der Waals surface area contributed by atoms with Gasteiger partial charge in [0.2, 0.25) is 5.95 Å². The van der Waals surface area contributed by atoms with Crippen LogP contribution in [0.2, 0.25) is 5.15 Å². The van der Waals surface area contributed by atoms with Crippen LogP contribution in [-0.4, -0.2) is 60.0 Å². The molecule has 1 aliphatic rings. The number of hydrogen-bond donors (Lipinski definition) is 1. The zero-order valence-corrected chi connectivity index (χ0v) is 15.9. The number of nitrogens with one attached hydrogen (secondary N) is 1. The molecule has 0 atom stereocenters. The molecule has 4 rings (SSSR count). The van der Waals surface area contributed by atoms with E-state index < -0.39 is 0 Å². The van der Waals surface area contributed by atoms with Crippen LogP contribution in [0, 0.1) is 0 Å². The second kappa shape index (κ2) is 7.61. The van der Waals surface area contributed by atoms with E-state index in [0.29, 0.717) is 40.9 Å². The van der Waals surface area contributed by atoms with Crippen molar-refractivity contribution in [3.05, 3.63) is 23.7 Å². The van der Waals surface area contributed by atoms with E-state index in [-0.39, 0.29) is 5.91 Å². The lowest BCUT2D eigenvalue weighted by atomic mass is 10.1. The Kier molecular flexibility index (Phi) is 5.04. The van der Waals surface area contributed by atoms with Crippen molar-refractivity contribution in [1.82, 2.24) is 34.4 Å². The lowest BCUT2D eigenvalue weighted by Crippen LogP contribution is -2.36. The minimum atomic E-state index is -0.0443. The number of anilines is 2. The normalized spacial score (nSPS) is 15.3. The third-order valence-electron chi connectivity index (χ3n) is 4.65. The first-order chi connectivity index (χ1) is 13.1. The third-order valence-corrected chi connectivity index (χ3v) is 4.92. The molecule has 9 nitrogen and oxygen atoms in total. The molecule has 27 heavy (non-hydrogen) atoms. The van der Waals surface area contributed by atoms with Crippen LogP contribution in [-0.2, 0) is 6.54 Å². The maximum Gasteiger partial charge on any atom is 0.261 e. The summed E-state index contributed by atoms with van der Waals surface area (Å²) in [6.07, 6.45) is 8.43. The fourth-order valence-corrected chi connectivity index (χ4v) is 3.46. The van der Waals surface area contributed by atoms with Gasteiger partial charge in [-0.05, 0) is 32.9 Å². The van der Waals surface area contributed by atoms with Crippen molar-refractivity contribution >= 4 is 40.2 Å². The van der Waals surface area contributed by atoms with Gasteiger partial charge in [0.1, 0.15) is 0 Å². The number of likely N-dealkylation sites (tertiary alicyclic amines) is 1. The third kappa shape index (κ3) is 3.79. The molecule has 0 saturated carbocycles. The topological polar surface area (TPSA) is 93.8 Å². The lowest BCUT2D eigenvalue weighted by molar-refractivity contribution is 0.0817. The van der Waals surface area contributed by atoms with Crippen molar-refractivity contribution in [3.8, 4) is 0 Å². The van der Waals surface area contributed by atoms with Crippen LogP contribution in [0.4, 0.5) is 11.6 Å². The first-order valence-electron chi connectivity index (χ1n) is 9.10. The van der Waals surface area contributed by atoms with E-state index in [1.807, 2.05) is 6.92 Å². The fourth-order valence-electron chi connectivity index (χ4n) is 3.24. The van der Waals surface area contributed by atoms with Gasteiger partial charge >= 0.3 is 0 Å². The monoisotopic (exact) mass is 388 g/mol. The van der Waals surface area contributed by atoms with Gasteiger partial charge in [0, 0.05) is 12.7 Å². The number of nitrogens with zero attached hydrogens (tertiary/aromatic N) is 7. The quantitative estimate of drug-likeness (QED) is 0.717. The van der Waals surface area contributed by atoms with Crippen molar-refractivity contribution in [2.75, 3.05) is 25.0 Å². The largest absolute Gasteiger partial charge is 0.321 e. The smallest absolute Gasteiger partial charge is 0.261 e. The maximum absolute atomic E-state index is 12.4. The Balaban J connectivity index is 1.47. The van der Waals surface area contributed by atoms with E-state index in [9.17, 15) is 4.79 Å². The second-order valence-corrected chi connectivity index (χ2v) is 6.92. The summed E-state index contributed by atoms with van der Waals surface area (Å²) < 4.78 is 3.08. The summed E-state index contributed by atoms with van der Waals surface area (Å²) >= 11 is 6.10. The second-order valence-electron chi connectivity index (χ2n) is 6.57. The van der Waals surface area contributed by atoms with Gasteiger partial charge < -0.3 is 5.32 Å². The molecule has 0 unspecified atom stereocenters. The molecule has 10 heteroatoms. The Morgan fingerprint density at radius 3 is 2.85 bits per heavy atom. The molecule has 0 spiro atoms. The Hall–Kier alpha value is -2.52. The van der Waals surface area contributed by atoms with Crippen molar-refractivity contribution in [3.63, 3.8) is 0 Å². The van der Waals surface area contributed by atoms with Crippen molar-refractivity contribution in [2.45, 2.75) is 32.7 Å². The van der Waals surface area contributed by atoms with Crippen LogP contribution in [0.1, 0.15) is 31.0 Å². The summed E-state index contributed by atoms with van der Waals surface area (Å²) in [6.45, 7) is 4.95. The highest BCUT2D eigenvalue weighted by Crippen LogP contribution is 2.22. The van der Waals surface area contributed by atoms with E-state index in [2.05, 4.69) is 30.4 Å². The number of fused-ring (bicyclic) bond motifs is 1. The highest BCUT2D eigenvalue weighted by molar-refractivity contribution is 6.34. The number of carbonyl (C=O) groups excluding carboxylic acids is 1. The number of halogens is 1. The Morgan fingerprint density at radius 1 is 1.26 bits per heavy atom. The molecule has 1 N–H and O–H groups in total. The van der Waals surface area contributed by atoms with Gasteiger partial charge in [-0.25, -0.2) is 14.3 Å². The highest BCUT2D eigenvalue weighted by Gasteiger charge is 2.16. The minimum Gasteiger partial charge on any atom is -0.321 e. The van der Waals surface area contributed by atoms with Gasteiger partial charge in [0.25, 0.3) is 5.91 Å². The van der Waals surface area contributed by atoms with Crippen molar-refractivity contribution in [1.29, 1.82) is 0 Å². The molecule has 1 fully saturated rings. The van der Waals surface area contributed by atoms with Crippen molar-refractivity contribution < 1.29 is 4.79 Å². The molecule has 3 aromatic rings. The van der Waals surface area contributed by atoms with E-state index in [4.69, 9.17) is 11.6 Å². The maximum atomic E-state index is 12.4. The average molecular weight is 389 g/mol. The van der Waals surface area contributed by atoms with Gasteiger partial charge in [0.15, 0.2) is 10.8 Å². The Labute approximate surface area is 161 Å². The SMILES string of the molecule is CCn1nc(Cl)c2cnc(Nc3cnn(C(=O)CN4CCCCC4)c3)nc21. The summed E-state index contributed by atoms with van der Waals surface area (Å²) in [7, 11) is 0. The standard InChI is InChI=1S/C17H21ClN8O/c1-2-25-16-13(15(18)23-25)9-19-17(22-16)21-12-8-20-26(10-12)14(27)11-24-6-4-3-5-7-24/h8-10H,2-7,11H2,1H3,(H,19,21,22). The van der Waals surface area contributed by atoms with E-state index in [0.717, 1.165) is 25.9 Å². The number of aromatic nitrogens is 6. The lowest BCUT2D eigenvalue weighted by Gasteiger charge is -2.25.